The van der Waals surface area contributed by atoms with Gasteiger partial charge in [0.25, 0.3) is 5.91 Å². The van der Waals surface area contributed by atoms with Crippen LogP contribution in [0.25, 0.3) is 17.0 Å². The van der Waals surface area contributed by atoms with Crippen molar-refractivity contribution in [3.05, 3.63) is 41.8 Å². The van der Waals surface area contributed by atoms with Crippen LogP contribution in [-0.2, 0) is 4.79 Å². The lowest BCUT2D eigenvalue weighted by Crippen LogP contribution is -2.30. The SMILES string of the molecule is NC1=N/C(=C\c2ccc3occc3c2)C(=O)N1. The summed E-state index contributed by atoms with van der Waals surface area (Å²) in [7, 11) is 0. The minimum absolute atomic E-state index is 0.130. The highest BCUT2D eigenvalue weighted by atomic mass is 16.3. The molecule has 5 nitrogen and oxygen atoms in total. The Morgan fingerprint density at radius 2 is 2.24 bits per heavy atom. The number of carbonyl (C=O) groups excluding carboxylic acids is 1. The Hall–Kier alpha value is -2.56. The lowest BCUT2D eigenvalue weighted by Gasteiger charge is -1.95. The van der Waals surface area contributed by atoms with E-state index in [0.717, 1.165) is 16.5 Å². The molecule has 0 bridgehead atoms. The Morgan fingerprint density at radius 3 is 3.00 bits per heavy atom. The van der Waals surface area contributed by atoms with Gasteiger partial charge in [0.15, 0.2) is 0 Å². The number of nitrogens with two attached hydrogens (primary N) is 1. The van der Waals surface area contributed by atoms with Crippen molar-refractivity contribution in [2.45, 2.75) is 0 Å². The summed E-state index contributed by atoms with van der Waals surface area (Å²) < 4.78 is 5.23. The molecule has 17 heavy (non-hydrogen) atoms. The number of furan rings is 1. The van der Waals surface area contributed by atoms with Crippen LogP contribution in [0.5, 0.6) is 0 Å². The highest BCUT2D eigenvalue weighted by molar-refractivity contribution is 6.13. The number of nitrogens with one attached hydrogen (secondary N) is 1. The van der Waals surface area contributed by atoms with Gasteiger partial charge in [0.1, 0.15) is 11.3 Å². The van der Waals surface area contributed by atoms with Crippen molar-refractivity contribution < 1.29 is 9.21 Å². The molecule has 84 valence electrons. The molecule has 5 heteroatoms. The molecule has 1 aliphatic rings. The van der Waals surface area contributed by atoms with E-state index in [1.54, 1.807) is 12.3 Å². The fourth-order valence-corrected chi connectivity index (χ4v) is 1.72. The predicted octanol–water partition coefficient (Wildman–Crippen LogP) is 1.22. The van der Waals surface area contributed by atoms with Crippen molar-refractivity contribution >= 4 is 28.9 Å². The van der Waals surface area contributed by atoms with Crippen molar-refractivity contribution in [3.63, 3.8) is 0 Å². The maximum absolute atomic E-state index is 11.4. The van der Waals surface area contributed by atoms with E-state index >= 15 is 0 Å². The summed E-state index contributed by atoms with van der Waals surface area (Å²) in [6.45, 7) is 0. The van der Waals surface area contributed by atoms with Gasteiger partial charge in [-0.3, -0.25) is 10.1 Å². The molecule has 2 heterocycles. The third-order valence-corrected chi connectivity index (χ3v) is 2.49. The maximum Gasteiger partial charge on any atom is 0.276 e. The minimum Gasteiger partial charge on any atom is -0.464 e. The van der Waals surface area contributed by atoms with E-state index in [9.17, 15) is 4.79 Å². The fraction of sp³-hybridized carbons (Fsp3) is 0. The number of guanidine groups is 1. The van der Waals surface area contributed by atoms with E-state index < -0.39 is 0 Å². The molecule has 0 saturated heterocycles. The van der Waals surface area contributed by atoms with Gasteiger partial charge < -0.3 is 10.2 Å². The Balaban J connectivity index is 2.04. The van der Waals surface area contributed by atoms with Crippen LogP contribution >= 0.6 is 0 Å². The summed E-state index contributed by atoms with van der Waals surface area (Å²) >= 11 is 0. The van der Waals surface area contributed by atoms with Crippen molar-refractivity contribution in [2.24, 2.45) is 10.7 Å². The molecule has 3 N–H and O–H groups in total. The molecular formula is C12H9N3O2. The zero-order valence-electron chi connectivity index (χ0n) is 8.81. The molecule has 1 amide bonds. The highest BCUT2D eigenvalue weighted by Gasteiger charge is 2.17. The molecule has 0 saturated carbocycles. The summed E-state index contributed by atoms with van der Waals surface area (Å²) in [6, 6.07) is 7.49. The van der Waals surface area contributed by atoms with Gasteiger partial charge in [0.2, 0.25) is 5.96 Å². The quantitative estimate of drug-likeness (QED) is 0.719. The molecular weight excluding hydrogens is 218 g/mol. The van der Waals surface area contributed by atoms with E-state index in [4.69, 9.17) is 10.2 Å². The molecule has 1 aromatic carbocycles. The van der Waals surface area contributed by atoms with Crippen LogP contribution in [-0.4, -0.2) is 11.9 Å². The topological polar surface area (TPSA) is 80.6 Å². The van der Waals surface area contributed by atoms with Crippen LogP contribution in [0, 0.1) is 0 Å². The zero-order chi connectivity index (χ0) is 11.8. The lowest BCUT2D eigenvalue weighted by atomic mass is 10.1. The lowest BCUT2D eigenvalue weighted by molar-refractivity contribution is -0.115. The van der Waals surface area contributed by atoms with E-state index in [-0.39, 0.29) is 11.9 Å². The van der Waals surface area contributed by atoms with Crippen LogP contribution in [0.1, 0.15) is 5.56 Å². The molecule has 0 aliphatic carbocycles. The fourth-order valence-electron chi connectivity index (χ4n) is 1.72. The number of rotatable bonds is 1. The van der Waals surface area contributed by atoms with Crippen LogP contribution in [0.3, 0.4) is 0 Å². The van der Waals surface area contributed by atoms with Gasteiger partial charge in [-0.05, 0) is 29.8 Å². The standard InChI is InChI=1S/C12H9N3O2/c13-12-14-9(11(16)15-12)6-7-1-2-10-8(5-7)3-4-17-10/h1-6H,(H3,13,14,15,16)/b9-6-. The first-order valence-corrected chi connectivity index (χ1v) is 5.07. The largest absolute Gasteiger partial charge is 0.464 e. The van der Waals surface area contributed by atoms with Crippen LogP contribution in [0.4, 0.5) is 0 Å². The second-order valence-corrected chi connectivity index (χ2v) is 3.70. The zero-order valence-corrected chi connectivity index (χ0v) is 8.81. The number of carbonyl (C=O) groups is 1. The number of fused-ring (bicyclic) bond motifs is 1. The van der Waals surface area contributed by atoms with Crippen molar-refractivity contribution in [1.82, 2.24) is 5.32 Å². The van der Waals surface area contributed by atoms with Crippen LogP contribution in [0.2, 0.25) is 0 Å². The summed E-state index contributed by atoms with van der Waals surface area (Å²) in [5.74, 6) is -0.152. The third-order valence-electron chi connectivity index (χ3n) is 2.49. The van der Waals surface area contributed by atoms with Crippen molar-refractivity contribution in [3.8, 4) is 0 Å². The minimum atomic E-state index is -0.283. The molecule has 2 aromatic rings. The van der Waals surface area contributed by atoms with Gasteiger partial charge >= 0.3 is 0 Å². The summed E-state index contributed by atoms with van der Waals surface area (Å²) in [5.41, 5.74) is 7.40. The van der Waals surface area contributed by atoms with Gasteiger partial charge in [-0.1, -0.05) is 6.07 Å². The summed E-state index contributed by atoms with van der Waals surface area (Å²) in [4.78, 5) is 15.3. The smallest absolute Gasteiger partial charge is 0.276 e. The average molecular weight is 227 g/mol. The Kier molecular flexibility index (Phi) is 1.98. The molecule has 1 aliphatic heterocycles. The van der Waals surface area contributed by atoms with Gasteiger partial charge in [-0.2, -0.15) is 0 Å². The summed E-state index contributed by atoms with van der Waals surface area (Å²) in [6.07, 6.45) is 3.31. The van der Waals surface area contributed by atoms with E-state index in [1.165, 1.54) is 0 Å². The molecule has 0 unspecified atom stereocenters. The Bertz CT molecular complexity index is 667. The predicted molar refractivity (Wildman–Crippen MR) is 64.0 cm³/mol. The number of hydrogen-bond donors (Lipinski definition) is 2. The van der Waals surface area contributed by atoms with Gasteiger partial charge in [0.05, 0.1) is 6.26 Å². The molecule has 0 radical (unpaired) electrons. The highest BCUT2D eigenvalue weighted by Crippen LogP contribution is 2.19. The molecule has 0 atom stereocenters. The molecule has 3 rings (SSSR count). The number of benzene rings is 1. The Morgan fingerprint density at radius 1 is 1.35 bits per heavy atom. The van der Waals surface area contributed by atoms with Crippen molar-refractivity contribution in [2.75, 3.05) is 0 Å². The molecule has 0 spiro atoms. The maximum atomic E-state index is 11.4. The molecule has 1 aromatic heterocycles. The first-order valence-electron chi connectivity index (χ1n) is 5.07. The van der Waals surface area contributed by atoms with Gasteiger partial charge in [-0.25, -0.2) is 4.99 Å². The second kappa shape index (κ2) is 3.48. The van der Waals surface area contributed by atoms with Crippen molar-refractivity contribution in [1.29, 1.82) is 0 Å². The number of hydrogen-bond acceptors (Lipinski definition) is 4. The van der Waals surface area contributed by atoms with Gasteiger partial charge in [0, 0.05) is 5.39 Å². The van der Waals surface area contributed by atoms with Crippen LogP contribution in [0.15, 0.2) is 45.6 Å². The van der Waals surface area contributed by atoms with Crippen LogP contribution < -0.4 is 11.1 Å². The normalized spacial score (nSPS) is 17.5. The van der Waals surface area contributed by atoms with E-state index in [1.807, 2.05) is 24.3 Å². The summed E-state index contributed by atoms with van der Waals surface area (Å²) in [5, 5.41) is 3.40. The number of nitrogens with zero attached hydrogens (tertiary/aromatic N) is 1. The number of aliphatic imine (C=N–C) groups is 1. The van der Waals surface area contributed by atoms with E-state index in [0.29, 0.717) is 5.70 Å². The first-order chi connectivity index (χ1) is 8.22. The average Bonchev–Trinajstić information content (AvgIpc) is 2.85. The monoisotopic (exact) mass is 227 g/mol. The third kappa shape index (κ3) is 1.67. The first kappa shape index (κ1) is 9.65. The Labute approximate surface area is 96.6 Å². The van der Waals surface area contributed by atoms with E-state index in [2.05, 4.69) is 10.3 Å². The van der Waals surface area contributed by atoms with Gasteiger partial charge in [-0.15, -0.1) is 0 Å². The second-order valence-electron chi connectivity index (χ2n) is 3.70. The number of amides is 1. The molecule has 0 fully saturated rings.